The Morgan fingerprint density at radius 1 is 1.59 bits per heavy atom. The summed E-state index contributed by atoms with van der Waals surface area (Å²) >= 11 is 0. The SMILES string of the molecule is CCC1CCNC(C(=O)NCC(C)CCO)C1. The van der Waals surface area contributed by atoms with E-state index in [9.17, 15) is 4.79 Å². The molecular weight excluding hydrogens is 216 g/mol. The van der Waals surface area contributed by atoms with Crippen LogP contribution < -0.4 is 10.6 Å². The number of hydrogen-bond donors (Lipinski definition) is 3. The molecule has 1 amide bonds. The molecule has 0 aromatic heterocycles. The summed E-state index contributed by atoms with van der Waals surface area (Å²) in [5.74, 6) is 1.14. The van der Waals surface area contributed by atoms with Gasteiger partial charge in [-0.05, 0) is 37.6 Å². The third-order valence-corrected chi connectivity index (χ3v) is 3.65. The van der Waals surface area contributed by atoms with Gasteiger partial charge >= 0.3 is 0 Å². The second-order valence-electron chi connectivity index (χ2n) is 5.17. The minimum absolute atomic E-state index is 0.0185. The predicted octanol–water partition coefficient (Wildman–Crippen LogP) is 0.899. The fraction of sp³-hybridized carbons (Fsp3) is 0.923. The van der Waals surface area contributed by atoms with Gasteiger partial charge in [0.2, 0.25) is 5.91 Å². The first-order chi connectivity index (χ1) is 8.17. The van der Waals surface area contributed by atoms with Gasteiger partial charge in [-0.3, -0.25) is 4.79 Å². The lowest BCUT2D eigenvalue weighted by atomic mass is 9.90. The van der Waals surface area contributed by atoms with Crippen LogP contribution in [-0.4, -0.2) is 36.8 Å². The summed E-state index contributed by atoms with van der Waals surface area (Å²) < 4.78 is 0. The average molecular weight is 242 g/mol. The highest BCUT2D eigenvalue weighted by Crippen LogP contribution is 2.19. The summed E-state index contributed by atoms with van der Waals surface area (Å²) in [6.07, 6.45) is 4.04. The smallest absolute Gasteiger partial charge is 0.237 e. The van der Waals surface area contributed by atoms with E-state index in [2.05, 4.69) is 17.6 Å². The fourth-order valence-corrected chi connectivity index (χ4v) is 2.29. The first-order valence-electron chi connectivity index (χ1n) is 6.79. The van der Waals surface area contributed by atoms with Gasteiger partial charge in [-0.15, -0.1) is 0 Å². The highest BCUT2D eigenvalue weighted by atomic mass is 16.3. The van der Waals surface area contributed by atoms with Crippen molar-refractivity contribution in [3.8, 4) is 0 Å². The molecule has 0 radical (unpaired) electrons. The summed E-state index contributed by atoms with van der Waals surface area (Å²) in [6.45, 7) is 6.03. The lowest BCUT2D eigenvalue weighted by molar-refractivity contribution is -0.124. The van der Waals surface area contributed by atoms with Gasteiger partial charge in [0, 0.05) is 13.2 Å². The minimum atomic E-state index is -0.0185. The number of nitrogens with one attached hydrogen (secondary N) is 2. The monoisotopic (exact) mass is 242 g/mol. The van der Waals surface area contributed by atoms with E-state index in [4.69, 9.17) is 5.11 Å². The van der Waals surface area contributed by atoms with Gasteiger partial charge < -0.3 is 15.7 Å². The number of piperidine rings is 1. The predicted molar refractivity (Wildman–Crippen MR) is 68.7 cm³/mol. The molecule has 1 aliphatic heterocycles. The lowest BCUT2D eigenvalue weighted by Gasteiger charge is -2.29. The van der Waals surface area contributed by atoms with E-state index in [1.54, 1.807) is 0 Å². The summed E-state index contributed by atoms with van der Waals surface area (Å²) in [5, 5.41) is 15.0. The molecule has 17 heavy (non-hydrogen) atoms. The largest absolute Gasteiger partial charge is 0.396 e. The number of rotatable bonds is 6. The Bertz CT molecular complexity index is 233. The van der Waals surface area contributed by atoms with Crippen LogP contribution in [0.5, 0.6) is 0 Å². The van der Waals surface area contributed by atoms with Crippen LogP contribution in [0.1, 0.15) is 39.5 Å². The Balaban J connectivity index is 2.27. The van der Waals surface area contributed by atoms with E-state index >= 15 is 0 Å². The van der Waals surface area contributed by atoms with Gasteiger partial charge in [-0.2, -0.15) is 0 Å². The lowest BCUT2D eigenvalue weighted by Crippen LogP contribution is -2.49. The van der Waals surface area contributed by atoms with Crippen LogP contribution in [0.3, 0.4) is 0 Å². The molecule has 0 saturated carbocycles. The second kappa shape index (κ2) is 7.67. The van der Waals surface area contributed by atoms with Crippen LogP contribution in [0.2, 0.25) is 0 Å². The Hall–Kier alpha value is -0.610. The molecule has 0 aliphatic carbocycles. The number of amides is 1. The zero-order valence-electron chi connectivity index (χ0n) is 11.0. The van der Waals surface area contributed by atoms with Crippen LogP contribution in [0.25, 0.3) is 0 Å². The molecule has 4 nitrogen and oxygen atoms in total. The van der Waals surface area contributed by atoms with Gasteiger partial charge in [-0.1, -0.05) is 20.3 Å². The van der Waals surface area contributed by atoms with Gasteiger partial charge in [-0.25, -0.2) is 0 Å². The van der Waals surface area contributed by atoms with Crippen LogP contribution in [-0.2, 0) is 4.79 Å². The Morgan fingerprint density at radius 3 is 3.00 bits per heavy atom. The molecule has 4 heteroatoms. The van der Waals surface area contributed by atoms with Crippen molar-refractivity contribution in [2.75, 3.05) is 19.7 Å². The van der Waals surface area contributed by atoms with Gasteiger partial charge in [0.25, 0.3) is 0 Å². The molecule has 1 saturated heterocycles. The molecular formula is C13H26N2O2. The van der Waals surface area contributed by atoms with E-state index < -0.39 is 0 Å². The standard InChI is InChI=1S/C13H26N2O2/c1-3-11-4-6-14-12(8-11)13(17)15-9-10(2)5-7-16/h10-12,14,16H,3-9H2,1-2H3,(H,15,17). The zero-order chi connectivity index (χ0) is 12.7. The van der Waals surface area contributed by atoms with Gasteiger partial charge in [0.05, 0.1) is 6.04 Å². The Labute approximate surface area is 104 Å². The molecule has 1 aliphatic rings. The first-order valence-corrected chi connectivity index (χ1v) is 6.79. The van der Waals surface area contributed by atoms with Crippen molar-refractivity contribution in [2.24, 2.45) is 11.8 Å². The van der Waals surface area contributed by atoms with Crippen LogP contribution >= 0.6 is 0 Å². The Kier molecular flexibility index (Phi) is 6.52. The van der Waals surface area contributed by atoms with Crippen molar-refractivity contribution in [3.05, 3.63) is 0 Å². The van der Waals surface area contributed by atoms with E-state index in [1.165, 1.54) is 6.42 Å². The molecule has 0 spiro atoms. The highest BCUT2D eigenvalue weighted by Gasteiger charge is 2.25. The van der Waals surface area contributed by atoms with Crippen LogP contribution in [0, 0.1) is 11.8 Å². The molecule has 1 heterocycles. The molecule has 0 aromatic carbocycles. The van der Waals surface area contributed by atoms with E-state index in [1.807, 2.05) is 6.92 Å². The number of carbonyl (C=O) groups is 1. The molecule has 3 atom stereocenters. The van der Waals surface area contributed by atoms with Crippen molar-refractivity contribution in [3.63, 3.8) is 0 Å². The summed E-state index contributed by atoms with van der Waals surface area (Å²) in [6, 6.07) is -0.0185. The second-order valence-corrected chi connectivity index (χ2v) is 5.17. The molecule has 3 unspecified atom stereocenters. The summed E-state index contributed by atoms with van der Waals surface area (Å²) in [5.41, 5.74) is 0. The van der Waals surface area contributed by atoms with Crippen molar-refractivity contribution < 1.29 is 9.90 Å². The van der Waals surface area contributed by atoms with Crippen molar-refractivity contribution in [1.82, 2.24) is 10.6 Å². The number of hydrogen-bond acceptors (Lipinski definition) is 3. The fourth-order valence-electron chi connectivity index (χ4n) is 2.29. The summed E-state index contributed by atoms with van der Waals surface area (Å²) in [4.78, 5) is 11.9. The van der Waals surface area contributed by atoms with Crippen molar-refractivity contribution in [2.45, 2.75) is 45.6 Å². The Morgan fingerprint density at radius 2 is 2.35 bits per heavy atom. The van der Waals surface area contributed by atoms with Crippen LogP contribution in [0.4, 0.5) is 0 Å². The minimum Gasteiger partial charge on any atom is -0.396 e. The number of aliphatic hydroxyl groups is 1. The highest BCUT2D eigenvalue weighted by molar-refractivity contribution is 5.81. The van der Waals surface area contributed by atoms with Crippen LogP contribution in [0.15, 0.2) is 0 Å². The quantitative estimate of drug-likeness (QED) is 0.648. The molecule has 1 fully saturated rings. The summed E-state index contributed by atoms with van der Waals surface area (Å²) in [7, 11) is 0. The molecule has 100 valence electrons. The molecule has 0 aromatic rings. The van der Waals surface area contributed by atoms with E-state index in [0.29, 0.717) is 18.4 Å². The number of carbonyl (C=O) groups excluding carboxylic acids is 1. The first kappa shape index (κ1) is 14.5. The van der Waals surface area contributed by atoms with Gasteiger partial charge in [0.15, 0.2) is 0 Å². The maximum atomic E-state index is 11.9. The average Bonchev–Trinajstić information content (AvgIpc) is 2.36. The van der Waals surface area contributed by atoms with Crippen molar-refractivity contribution >= 4 is 5.91 Å². The van der Waals surface area contributed by atoms with Gasteiger partial charge in [0.1, 0.15) is 0 Å². The normalized spacial score (nSPS) is 26.5. The van der Waals surface area contributed by atoms with Crippen molar-refractivity contribution in [1.29, 1.82) is 0 Å². The third kappa shape index (κ3) is 5.04. The zero-order valence-corrected chi connectivity index (χ0v) is 11.0. The molecule has 1 rings (SSSR count). The maximum absolute atomic E-state index is 11.9. The topological polar surface area (TPSA) is 61.4 Å². The maximum Gasteiger partial charge on any atom is 0.237 e. The molecule has 3 N–H and O–H groups in total. The van der Waals surface area contributed by atoms with E-state index in [0.717, 1.165) is 25.8 Å². The van der Waals surface area contributed by atoms with E-state index in [-0.39, 0.29) is 18.6 Å². The number of aliphatic hydroxyl groups excluding tert-OH is 1. The molecule has 0 bridgehead atoms. The third-order valence-electron chi connectivity index (χ3n) is 3.65.